The molecule has 0 aliphatic heterocycles. The van der Waals surface area contributed by atoms with Gasteiger partial charge in [-0.25, -0.2) is 0 Å². The molecule has 0 amide bonds. The Balaban J connectivity index is 2.18. The molecule has 0 spiro atoms. The average Bonchev–Trinajstić information content (AvgIpc) is 2.87. The van der Waals surface area contributed by atoms with Crippen LogP contribution in [0.25, 0.3) is 5.57 Å². The van der Waals surface area contributed by atoms with Gasteiger partial charge in [0.25, 0.3) is 0 Å². The lowest BCUT2D eigenvalue weighted by Gasteiger charge is -2.12. The minimum absolute atomic E-state index is 0.161. The Morgan fingerprint density at radius 3 is 2.35 bits per heavy atom. The van der Waals surface area contributed by atoms with E-state index in [1.54, 1.807) is 36.4 Å². The Morgan fingerprint density at radius 2 is 1.65 bits per heavy atom. The molecule has 1 aromatic heterocycles. The van der Waals surface area contributed by atoms with Gasteiger partial charge < -0.3 is 4.42 Å². The highest BCUT2D eigenvalue weighted by molar-refractivity contribution is 6.38. The summed E-state index contributed by atoms with van der Waals surface area (Å²) >= 11 is 0. The van der Waals surface area contributed by atoms with E-state index >= 15 is 0 Å². The van der Waals surface area contributed by atoms with E-state index in [2.05, 4.69) is 0 Å². The van der Waals surface area contributed by atoms with Crippen LogP contribution in [0.2, 0.25) is 0 Å². The Kier molecular flexibility index (Phi) is 2.05. The second-order valence-electron chi connectivity index (χ2n) is 3.77. The SMILES string of the molecule is O=C1C=C(c2ccco2)C(=O)c2ccccc21. The van der Waals surface area contributed by atoms with E-state index in [0.717, 1.165) is 0 Å². The number of rotatable bonds is 1. The Morgan fingerprint density at radius 1 is 0.882 bits per heavy atom. The lowest BCUT2D eigenvalue weighted by Crippen LogP contribution is -2.15. The van der Waals surface area contributed by atoms with Crippen LogP contribution in [0.5, 0.6) is 0 Å². The van der Waals surface area contributed by atoms with Crippen molar-refractivity contribution in [3.63, 3.8) is 0 Å². The van der Waals surface area contributed by atoms with Gasteiger partial charge >= 0.3 is 0 Å². The van der Waals surface area contributed by atoms with Crippen molar-refractivity contribution in [2.45, 2.75) is 0 Å². The summed E-state index contributed by atoms with van der Waals surface area (Å²) in [4.78, 5) is 24.0. The van der Waals surface area contributed by atoms with Crippen LogP contribution in [0, 0.1) is 0 Å². The molecule has 0 atom stereocenters. The number of furan rings is 1. The smallest absolute Gasteiger partial charge is 0.197 e. The number of carbonyl (C=O) groups is 2. The van der Waals surface area contributed by atoms with Gasteiger partial charge in [0.2, 0.25) is 0 Å². The van der Waals surface area contributed by atoms with Gasteiger partial charge in [0.15, 0.2) is 11.6 Å². The van der Waals surface area contributed by atoms with E-state index < -0.39 is 0 Å². The third kappa shape index (κ3) is 1.44. The summed E-state index contributed by atoms with van der Waals surface area (Å²) in [5, 5.41) is 0. The molecule has 0 N–H and O–H groups in total. The van der Waals surface area contributed by atoms with Gasteiger partial charge in [0.1, 0.15) is 5.76 Å². The van der Waals surface area contributed by atoms with Crippen molar-refractivity contribution in [1.29, 1.82) is 0 Å². The van der Waals surface area contributed by atoms with E-state index in [1.807, 2.05) is 0 Å². The molecular weight excluding hydrogens is 216 g/mol. The molecule has 1 aliphatic carbocycles. The van der Waals surface area contributed by atoms with Gasteiger partial charge in [-0.3, -0.25) is 9.59 Å². The van der Waals surface area contributed by atoms with Crippen molar-refractivity contribution >= 4 is 17.1 Å². The number of fused-ring (bicyclic) bond motifs is 1. The molecule has 0 saturated carbocycles. The molecule has 1 heterocycles. The van der Waals surface area contributed by atoms with E-state index in [1.165, 1.54) is 12.3 Å². The predicted octanol–water partition coefficient (Wildman–Crippen LogP) is 2.74. The number of hydrogen-bond acceptors (Lipinski definition) is 3. The lowest BCUT2D eigenvalue weighted by molar-refractivity contribution is 0.100. The predicted molar refractivity (Wildman–Crippen MR) is 61.8 cm³/mol. The van der Waals surface area contributed by atoms with E-state index in [0.29, 0.717) is 22.5 Å². The summed E-state index contributed by atoms with van der Waals surface area (Å²) in [6.07, 6.45) is 2.82. The summed E-state index contributed by atoms with van der Waals surface area (Å²) in [6.45, 7) is 0. The molecule has 82 valence electrons. The van der Waals surface area contributed by atoms with Gasteiger partial charge in [-0.2, -0.15) is 0 Å². The van der Waals surface area contributed by atoms with Crippen molar-refractivity contribution in [3.8, 4) is 0 Å². The largest absolute Gasteiger partial charge is 0.464 e. The highest BCUT2D eigenvalue weighted by atomic mass is 16.3. The zero-order valence-corrected chi connectivity index (χ0v) is 8.84. The van der Waals surface area contributed by atoms with Crippen LogP contribution in [-0.4, -0.2) is 11.6 Å². The average molecular weight is 224 g/mol. The maximum atomic E-state index is 12.2. The van der Waals surface area contributed by atoms with Crippen LogP contribution >= 0.6 is 0 Å². The molecule has 0 fully saturated rings. The summed E-state index contributed by atoms with van der Waals surface area (Å²) in [6, 6.07) is 10.2. The first-order valence-electron chi connectivity index (χ1n) is 5.21. The molecule has 1 aliphatic rings. The fraction of sp³-hybridized carbons (Fsp3) is 0. The zero-order chi connectivity index (χ0) is 11.8. The normalized spacial score (nSPS) is 14.5. The van der Waals surface area contributed by atoms with Crippen LogP contribution < -0.4 is 0 Å². The fourth-order valence-corrected chi connectivity index (χ4v) is 1.93. The quantitative estimate of drug-likeness (QED) is 0.748. The van der Waals surface area contributed by atoms with Crippen LogP contribution in [0.4, 0.5) is 0 Å². The first-order chi connectivity index (χ1) is 8.27. The van der Waals surface area contributed by atoms with Crippen molar-refractivity contribution in [3.05, 3.63) is 65.6 Å². The van der Waals surface area contributed by atoms with Gasteiger partial charge in [-0.05, 0) is 12.1 Å². The number of Topliss-reactive ketones (excluding diaryl/α,β-unsaturated/α-hetero) is 1. The second-order valence-corrected chi connectivity index (χ2v) is 3.77. The van der Waals surface area contributed by atoms with Crippen LogP contribution in [-0.2, 0) is 0 Å². The van der Waals surface area contributed by atoms with Crippen molar-refractivity contribution in [1.82, 2.24) is 0 Å². The molecule has 3 heteroatoms. The number of hydrogen-bond donors (Lipinski definition) is 0. The molecule has 0 bridgehead atoms. The van der Waals surface area contributed by atoms with Gasteiger partial charge in [-0.1, -0.05) is 24.3 Å². The maximum Gasteiger partial charge on any atom is 0.197 e. The summed E-state index contributed by atoms with van der Waals surface area (Å²) in [5.74, 6) is 0.0969. The van der Waals surface area contributed by atoms with Gasteiger partial charge in [-0.15, -0.1) is 0 Å². The molecule has 3 nitrogen and oxygen atoms in total. The molecule has 3 rings (SSSR count). The van der Waals surface area contributed by atoms with Crippen molar-refractivity contribution in [2.75, 3.05) is 0 Å². The highest BCUT2D eigenvalue weighted by Gasteiger charge is 2.27. The minimum atomic E-state index is -0.171. The van der Waals surface area contributed by atoms with E-state index in [4.69, 9.17) is 4.42 Å². The highest BCUT2D eigenvalue weighted by Crippen LogP contribution is 2.27. The van der Waals surface area contributed by atoms with Crippen LogP contribution in [0.1, 0.15) is 26.5 Å². The van der Waals surface area contributed by atoms with Crippen molar-refractivity contribution < 1.29 is 14.0 Å². The van der Waals surface area contributed by atoms with Gasteiger partial charge in [0, 0.05) is 17.2 Å². The minimum Gasteiger partial charge on any atom is -0.464 e. The summed E-state index contributed by atoms with van der Waals surface area (Å²) in [5.41, 5.74) is 1.21. The molecule has 0 saturated heterocycles. The molecule has 2 aromatic rings. The lowest BCUT2D eigenvalue weighted by atomic mass is 9.88. The number of allylic oxidation sites excluding steroid dienone is 2. The number of ketones is 2. The Hall–Kier alpha value is -2.42. The first-order valence-corrected chi connectivity index (χ1v) is 5.21. The molecule has 0 radical (unpaired) electrons. The fourth-order valence-electron chi connectivity index (χ4n) is 1.93. The van der Waals surface area contributed by atoms with Crippen LogP contribution in [0.15, 0.2) is 53.2 Å². The first kappa shape index (κ1) is 9.78. The Bertz CT molecular complexity index is 633. The third-order valence-corrected chi connectivity index (χ3v) is 2.74. The van der Waals surface area contributed by atoms with E-state index in [9.17, 15) is 9.59 Å². The van der Waals surface area contributed by atoms with Crippen LogP contribution in [0.3, 0.4) is 0 Å². The molecule has 0 unspecified atom stereocenters. The summed E-state index contributed by atoms with van der Waals surface area (Å²) in [7, 11) is 0. The third-order valence-electron chi connectivity index (χ3n) is 2.74. The molecule has 17 heavy (non-hydrogen) atoms. The van der Waals surface area contributed by atoms with E-state index in [-0.39, 0.29) is 11.6 Å². The topological polar surface area (TPSA) is 47.3 Å². The maximum absolute atomic E-state index is 12.2. The number of carbonyl (C=O) groups excluding carboxylic acids is 2. The van der Waals surface area contributed by atoms with Gasteiger partial charge in [0.05, 0.1) is 11.8 Å². The second kappa shape index (κ2) is 3.56. The zero-order valence-electron chi connectivity index (χ0n) is 8.84. The summed E-state index contributed by atoms with van der Waals surface area (Å²) < 4.78 is 5.17. The molecule has 1 aromatic carbocycles. The standard InChI is InChI=1S/C14H8O3/c15-12-8-11(13-6-3-7-17-13)14(16)10-5-2-1-4-9(10)12/h1-8H. The molecular formula is C14H8O3. The number of benzene rings is 1. The van der Waals surface area contributed by atoms with Crippen molar-refractivity contribution in [2.24, 2.45) is 0 Å². The Labute approximate surface area is 97.4 Å². The monoisotopic (exact) mass is 224 g/mol.